The van der Waals surface area contributed by atoms with Crippen LogP contribution < -0.4 is 5.43 Å². The molecule has 0 spiro atoms. The molecule has 0 saturated heterocycles. The van der Waals surface area contributed by atoms with Gasteiger partial charge in [0.25, 0.3) is 0 Å². The Labute approximate surface area is 170 Å². The van der Waals surface area contributed by atoms with Gasteiger partial charge in [0.15, 0.2) is 5.43 Å². The Balaban J connectivity index is 2.16. The molecule has 1 heterocycles. The highest BCUT2D eigenvalue weighted by molar-refractivity contribution is 8.32. The Bertz CT molecular complexity index is 941. The number of aryl methyl sites for hydroxylation is 2. The van der Waals surface area contributed by atoms with Gasteiger partial charge in [0.1, 0.15) is 0 Å². The highest BCUT2D eigenvalue weighted by atomic mass is 32.3. The Morgan fingerprint density at radius 2 is 1.11 bits per heavy atom. The third-order valence-corrected chi connectivity index (χ3v) is 8.84. The van der Waals surface area contributed by atoms with Crippen molar-refractivity contribution >= 4 is 51.6 Å². The Hall–Kier alpha value is -0.970. The van der Waals surface area contributed by atoms with E-state index in [1.54, 1.807) is 11.3 Å². The van der Waals surface area contributed by atoms with E-state index in [-0.39, 0.29) is 5.43 Å². The van der Waals surface area contributed by atoms with E-state index in [2.05, 4.69) is 73.9 Å². The first-order valence-corrected chi connectivity index (χ1v) is 16.2. The molecular formula is C23H32OS3. The molecule has 0 N–H and O–H groups in total. The summed E-state index contributed by atoms with van der Waals surface area (Å²) in [5.74, 6) is 2.34. The van der Waals surface area contributed by atoms with Crippen LogP contribution in [0.15, 0.2) is 41.2 Å². The molecule has 0 amide bonds. The van der Waals surface area contributed by atoms with Gasteiger partial charge < -0.3 is 0 Å². The number of fused-ring (bicyclic) bond motifs is 2. The van der Waals surface area contributed by atoms with Crippen molar-refractivity contribution in [3.63, 3.8) is 0 Å². The van der Waals surface area contributed by atoms with Gasteiger partial charge in [0, 0.05) is 20.2 Å². The zero-order chi connectivity index (χ0) is 19.8. The van der Waals surface area contributed by atoms with E-state index >= 15 is 0 Å². The summed E-state index contributed by atoms with van der Waals surface area (Å²) >= 11 is 1.77. The number of benzene rings is 2. The van der Waals surface area contributed by atoms with Crippen LogP contribution in [0.4, 0.5) is 0 Å². The Morgan fingerprint density at radius 1 is 0.704 bits per heavy atom. The number of hydrogen-bond acceptors (Lipinski definition) is 2. The van der Waals surface area contributed by atoms with E-state index in [1.807, 2.05) is 0 Å². The quantitative estimate of drug-likeness (QED) is 0.455. The highest BCUT2D eigenvalue weighted by Crippen LogP contribution is 2.37. The van der Waals surface area contributed by atoms with E-state index in [9.17, 15) is 4.79 Å². The van der Waals surface area contributed by atoms with Gasteiger partial charge in [-0.3, -0.25) is 4.79 Å². The number of hydrogen-bond donors (Lipinski definition) is 0. The van der Waals surface area contributed by atoms with Crippen molar-refractivity contribution in [3.8, 4) is 0 Å². The van der Waals surface area contributed by atoms with Crippen LogP contribution in [0.1, 0.15) is 11.1 Å². The van der Waals surface area contributed by atoms with Crippen molar-refractivity contribution in [2.24, 2.45) is 0 Å². The normalized spacial score (nSPS) is 14.0. The monoisotopic (exact) mass is 420 g/mol. The molecule has 1 nitrogen and oxygen atoms in total. The van der Waals surface area contributed by atoms with E-state index < -0.39 is 20.1 Å². The van der Waals surface area contributed by atoms with Crippen LogP contribution in [0.3, 0.4) is 0 Å². The number of rotatable bonds is 6. The minimum atomic E-state index is -0.575. The lowest BCUT2D eigenvalue weighted by Crippen LogP contribution is -2.10. The zero-order valence-electron chi connectivity index (χ0n) is 17.4. The smallest absolute Gasteiger partial charge is 0.196 e. The summed E-state index contributed by atoms with van der Waals surface area (Å²) in [5, 5.41) is 1.93. The van der Waals surface area contributed by atoms with Crippen molar-refractivity contribution in [3.05, 3.63) is 57.7 Å². The molecule has 4 heteroatoms. The molecule has 0 fully saturated rings. The third kappa shape index (κ3) is 5.10. The largest absolute Gasteiger partial charge is 0.288 e. The van der Waals surface area contributed by atoms with Gasteiger partial charge in [-0.15, -0.1) is 11.3 Å². The molecule has 2 aromatic carbocycles. The summed E-state index contributed by atoms with van der Waals surface area (Å²) in [6, 6.07) is 12.8. The van der Waals surface area contributed by atoms with Crippen LogP contribution in [-0.2, 0) is 12.8 Å². The maximum atomic E-state index is 13.6. The summed E-state index contributed by atoms with van der Waals surface area (Å²) < 4.78 is 2.26. The minimum Gasteiger partial charge on any atom is -0.288 e. The average molecular weight is 421 g/mol. The molecule has 0 aliphatic carbocycles. The fourth-order valence-corrected chi connectivity index (χ4v) is 6.18. The molecule has 0 unspecified atom stereocenters. The van der Waals surface area contributed by atoms with Crippen molar-refractivity contribution in [1.29, 1.82) is 0 Å². The van der Waals surface area contributed by atoms with E-state index in [4.69, 9.17) is 0 Å². The first kappa shape index (κ1) is 20.8. The van der Waals surface area contributed by atoms with Crippen molar-refractivity contribution in [2.45, 2.75) is 12.8 Å². The predicted molar refractivity (Wildman–Crippen MR) is 133 cm³/mol. The molecule has 0 atom stereocenters. The molecule has 0 aliphatic heterocycles. The SMILES string of the molecule is CS(C)(C)CCc1cccc2sc3cccc(CCS(C)(C)C)c3c(=O)c12. The molecule has 27 heavy (non-hydrogen) atoms. The van der Waals surface area contributed by atoms with Gasteiger partial charge in [-0.05, 0) is 85.1 Å². The zero-order valence-corrected chi connectivity index (χ0v) is 19.9. The molecule has 148 valence electrons. The third-order valence-electron chi connectivity index (χ3n) is 4.87. The van der Waals surface area contributed by atoms with Crippen LogP contribution in [-0.4, -0.2) is 49.0 Å². The molecule has 3 rings (SSSR count). The lowest BCUT2D eigenvalue weighted by molar-refractivity contribution is 1.16. The van der Waals surface area contributed by atoms with Gasteiger partial charge in [-0.2, -0.15) is 0 Å². The molecule has 0 saturated carbocycles. The minimum absolute atomic E-state index is 0.248. The first-order chi connectivity index (χ1) is 12.6. The van der Waals surface area contributed by atoms with Gasteiger partial charge in [0.05, 0.1) is 0 Å². The molecule has 3 aromatic rings. The van der Waals surface area contributed by atoms with Crippen LogP contribution in [0.2, 0.25) is 0 Å². The van der Waals surface area contributed by atoms with Gasteiger partial charge in [0.2, 0.25) is 0 Å². The summed E-state index contributed by atoms with van der Waals surface area (Å²) in [4.78, 5) is 13.6. The summed E-state index contributed by atoms with van der Waals surface area (Å²) in [7, 11) is -1.15. The van der Waals surface area contributed by atoms with Crippen molar-refractivity contribution in [1.82, 2.24) is 0 Å². The summed E-state index contributed by atoms with van der Waals surface area (Å²) in [6.45, 7) is 0. The van der Waals surface area contributed by atoms with Gasteiger partial charge in [-0.1, -0.05) is 24.3 Å². The van der Waals surface area contributed by atoms with Crippen LogP contribution in [0.5, 0.6) is 0 Å². The van der Waals surface area contributed by atoms with Crippen LogP contribution >= 0.6 is 31.4 Å². The van der Waals surface area contributed by atoms with E-state index in [1.165, 1.54) is 22.6 Å². The summed E-state index contributed by atoms with van der Waals surface area (Å²) in [6.07, 6.45) is 16.1. The fraction of sp³-hybridized carbons (Fsp3) is 0.435. The predicted octanol–water partition coefficient (Wildman–Crippen LogP) is 5.89. The average Bonchev–Trinajstić information content (AvgIpc) is 2.56. The Morgan fingerprint density at radius 3 is 1.48 bits per heavy atom. The second-order valence-electron chi connectivity index (χ2n) is 9.10. The molecule has 0 bridgehead atoms. The fourth-order valence-electron chi connectivity index (χ4n) is 3.33. The van der Waals surface area contributed by atoms with Gasteiger partial charge >= 0.3 is 0 Å². The highest BCUT2D eigenvalue weighted by Gasteiger charge is 2.15. The summed E-state index contributed by atoms with van der Waals surface area (Å²) in [5.41, 5.74) is 2.71. The van der Waals surface area contributed by atoms with Crippen molar-refractivity contribution < 1.29 is 0 Å². The maximum Gasteiger partial charge on any atom is 0.196 e. The molecule has 0 radical (unpaired) electrons. The molecule has 0 aliphatic rings. The first-order valence-electron chi connectivity index (χ1n) is 9.33. The Kier molecular flexibility index (Phi) is 6.00. The standard InChI is InChI=1S/C23H32OS3/c1-26(2,3)15-13-17-9-7-11-19-21(17)23(24)22-18(14-16-27(4,5)6)10-8-12-20(22)25-19/h7-12H,13-16H2,1-6H3. The lowest BCUT2D eigenvalue weighted by Gasteiger charge is -2.25. The van der Waals surface area contributed by atoms with Gasteiger partial charge in [-0.25, -0.2) is 20.1 Å². The lowest BCUT2D eigenvalue weighted by atomic mass is 10.0. The second kappa shape index (κ2) is 7.81. The maximum absolute atomic E-state index is 13.6. The van der Waals surface area contributed by atoms with Crippen molar-refractivity contribution in [2.75, 3.05) is 49.0 Å². The second-order valence-corrected chi connectivity index (χ2v) is 19.4. The van der Waals surface area contributed by atoms with E-state index in [0.717, 1.165) is 33.0 Å². The molecular weight excluding hydrogens is 388 g/mol. The molecule has 1 aromatic heterocycles. The van der Waals surface area contributed by atoms with Crippen LogP contribution in [0, 0.1) is 0 Å². The van der Waals surface area contributed by atoms with Crippen LogP contribution in [0.25, 0.3) is 20.2 Å². The van der Waals surface area contributed by atoms with E-state index in [0.29, 0.717) is 0 Å². The topological polar surface area (TPSA) is 17.1 Å².